The average molecular weight is 305 g/mol. The van der Waals surface area contributed by atoms with Gasteiger partial charge in [0.05, 0.1) is 6.54 Å². The molecule has 0 aliphatic rings. The normalized spacial score (nSPS) is 11.1. The molecule has 3 rings (SSSR count). The maximum absolute atomic E-state index is 12.4. The first-order valence-corrected chi connectivity index (χ1v) is 7.21. The number of carbonyl (C=O) groups is 1. The Balaban J connectivity index is 1.94. The number of carboxylic acid groups (broad SMARTS) is 1. The molecular formula is C19H15NO3. The van der Waals surface area contributed by atoms with Gasteiger partial charge in [-0.15, -0.1) is 0 Å². The molecule has 0 atom stereocenters. The average Bonchev–Trinajstić information content (AvgIpc) is 2.55. The summed E-state index contributed by atoms with van der Waals surface area (Å²) in [6, 6.07) is 17.5. The Kier molecular flexibility index (Phi) is 4.06. The molecule has 0 aliphatic heterocycles. The Morgan fingerprint density at radius 1 is 1.04 bits per heavy atom. The van der Waals surface area contributed by atoms with Gasteiger partial charge in [-0.1, -0.05) is 36.4 Å². The molecule has 2 aromatic carbocycles. The van der Waals surface area contributed by atoms with Gasteiger partial charge in [0.15, 0.2) is 0 Å². The Labute approximate surface area is 132 Å². The van der Waals surface area contributed by atoms with E-state index in [1.54, 1.807) is 22.9 Å². The van der Waals surface area contributed by atoms with Crippen LogP contribution in [0.2, 0.25) is 0 Å². The number of rotatable bonds is 4. The molecule has 114 valence electrons. The maximum Gasteiger partial charge on any atom is 0.328 e. The number of aliphatic carboxylic acids is 1. The van der Waals surface area contributed by atoms with Crippen molar-refractivity contribution in [2.24, 2.45) is 0 Å². The lowest BCUT2D eigenvalue weighted by molar-refractivity contribution is -0.131. The zero-order valence-electron chi connectivity index (χ0n) is 12.3. The number of carboxylic acids is 1. The quantitative estimate of drug-likeness (QED) is 0.753. The summed E-state index contributed by atoms with van der Waals surface area (Å²) in [5.41, 5.74) is 1.17. The van der Waals surface area contributed by atoms with Crippen molar-refractivity contribution in [2.45, 2.75) is 6.54 Å². The lowest BCUT2D eigenvalue weighted by atomic mass is 10.1. The molecule has 0 radical (unpaired) electrons. The van der Waals surface area contributed by atoms with E-state index in [2.05, 4.69) is 6.07 Å². The second kappa shape index (κ2) is 6.32. The number of hydrogen-bond donors (Lipinski definition) is 1. The summed E-state index contributed by atoms with van der Waals surface area (Å²) in [7, 11) is 0. The minimum atomic E-state index is -1.07. The molecule has 0 spiro atoms. The summed E-state index contributed by atoms with van der Waals surface area (Å²) < 4.78 is 1.58. The summed E-state index contributed by atoms with van der Waals surface area (Å²) in [6.45, 7) is 0.443. The van der Waals surface area contributed by atoms with Crippen molar-refractivity contribution >= 4 is 22.8 Å². The molecule has 0 amide bonds. The molecule has 4 heteroatoms. The second-order valence-electron chi connectivity index (χ2n) is 5.25. The second-order valence-corrected chi connectivity index (χ2v) is 5.25. The van der Waals surface area contributed by atoms with Crippen LogP contribution in [0.5, 0.6) is 0 Å². The van der Waals surface area contributed by atoms with Crippen molar-refractivity contribution in [3.63, 3.8) is 0 Å². The van der Waals surface area contributed by atoms with Crippen LogP contribution in [0.25, 0.3) is 16.8 Å². The third kappa shape index (κ3) is 3.37. The molecule has 3 aromatic rings. The minimum Gasteiger partial charge on any atom is -0.478 e. The maximum atomic E-state index is 12.4. The number of pyridine rings is 1. The third-order valence-electron chi connectivity index (χ3n) is 3.62. The fraction of sp³-hybridized carbons (Fsp3) is 0.0526. The largest absolute Gasteiger partial charge is 0.478 e. The van der Waals surface area contributed by atoms with Gasteiger partial charge in [0.1, 0.15) is 0 Å². The van der Waals surface area contributed by atoms with Gasteiger partial charge in [-0.25, -0.2) is 4.79 Å². The SMILES string of the molecule is O=C(O)/C=C/c1cccn(Cc2ccc3ccccc3c2)c1=O. The number of hydrogen-bond acceptors (Lipinski definition) is 2. The Morgan fingerprint density at radius 3 is 2.61 bits per heavy atom. The van der Waals surface area contributed by atoms with E-state index >= 15 is 0 Å². The molecule has 4 nitrogen and oxygen atoms in total. The van der Waals surface area contributed by atoms with Gasteiger partial charge in [0, 0.05) is 17.8 Å². The van der Waals surface area contributed by atoms with Gasteiger partial charge in [-0.3, -0.25) is 4.79 Å². The fourth-order valence-electron chi connectivity index (χ4n) is 2.50. The van der Waals surface area contributed by atoms with E-state index in [0.717, 1.165) is 22.4 Å². The first kappa shape index (κ1) is 14.8. The Bertz CT molecular complexity index is 954. The van der Waals surface area contributed by atoms with E-state index in [-0.39, 0.29) is 5.56 Å². The molecule has 1 heterocycles. The molecule has 0 saturated carbocycles. The van der Waals surface area contributed by atoms with Crippen molar-refractivity contribution in [1.29, 1.82) is 0 Å². The Morgan fingerprint density at radius 2 is 1.83 bits per heavy atom. The van der Waals surface area contributed by atoms with Crippen LogP contribution in [-0.2, 0) is 11.3 Å². The molecule has 0 saturated heterocycles. The van der Waals surface area contributed by atoms with Crippen LogP contribution < -0.4 is 5.56 Å². The minimum absolute atomic E-state index is 0.210. The molecule has 1 N–H and O–H groups in total. The van der Waals surface area contributed by atoms with Gasteiger partial charge < -0.3 is 9.67 Å². The highest BCUT2D eigenvalue weighted by molar-refractivity contribution is 5.85. The van der Waals surface area contributed by atoms with Gasteiger partial charge in [0.2, 0.25) is 0 Å². The number of fused-ring (bicyclic) bond motifs is 1. The van der Waals surface area contributed by atoms with Crippen molar-refractivity contribution in [2.75, 3.05) is 0 Å². The van der Waals surface area contributed by atoms with E-state index in [4.69, 9.17) is 5.11 Å². The van der Waals surface area contributed by atoms with E-state index in [9.17, 15) is 9.59 Å². The zero-order valence-corrected chi connectivity index (χ0v) is 12.3. The lowest BCUT2D eigenvalue weighted by Crippen LogP contribution is -2.21. The first-order valence-electron chi connectivity index (χ1n) is 7.21. The molecule has 23 heavy (non-hydrogen) atoms. The van der Waals surface area contributed by atoms with Crippen LogP contribution >= 0.6 is 0 Å². The molecule has 0 bridgehead atoms. The highest BCUT2D eigenvalue weighted by Crippen LogP contribution is 2.16. The van der Waals surface area contributed by atoms with Gasteiger partial charge in [-0.05, 0) is 40.6 Å². The number of nitrogens with zero attached hydrogens (tertiary/aromatic N) is 1. The van der Waals surface area contributed by atoms with Crippen LogP contribution in [-0.4, -0.2) is 15.6 Å². The zero-order chi connectivity index (χ0) is 16.2. The van der Waals surface area contributed by atoms with Gasteiger partial charge >= 0.3 is 5.97 Å². The topological polar surface area (TPSA) is 59.3 Å². The predicted octanol–water partition coefficient (Wildman–Crippen LogP) is 3.15. The molecule has 1 aromatic heterocycles. The van der Waals surface area contributed by atoms with E-state index in [1.807, 2.05) is 36.4 Å². The van der Waals surface area contributed by atoms with E-state index in [1.165, 1.54) is 6.08 Å². The highest BCUT2D eigenvalue weighted by Gasteiger charge is 2.03. The highest BCUT2D eigenvalue weighted by atomic mass is 16.4. The van der Waals surface area contributed by atoms with Crippen molar-refractivity contribution in [3.05, 3.63) is 88.4 Å². The van der Waals surface area contributed by atoms with Crippen LogP contribution in [0.4, 0.5) is 0 Å². The summed E-state index contributed by atoms with van der Waals surface area (Å²) in [6.07, 6.45) is 3.99. The summed E-state index contributed by atoms with van der Waals surface area (Å²) in [5.74, 6) is -1.07. The third-order valence-corrected chi connectivity index (χ3v) is 3.62. The van der Waals surface area contributed by atoms with Crippen LogP contribution in [0.15, 0.2) is 71.7 Å². The van der Waals surface area contributed by atoms with Crippen LogP contribution in [0.1, 0.15) is 11.1 Å². The molecule has 0 fully saturated rings. The Hall–Kier alpha value is -3.14. The molecular weight excluding hydrogens is 290 g/mol. The number of aromatic nitrogens is 1. The fourth-order valence-corrected chi connectivity index (χ4v) is 2.50. The summed E-state index contributed by atoms with van der Waals surface area (Å²) in [4.78, 5) is 23.0. The summed E-state index contributed by atoms with van der Waals surface area (Å²) >= 11 is 0. The van der Waals surface area contributed by atoms with Crippen LogP contribution in [0.3, 0.4) is 0 Å². The van der Waals surface area contributed by atoms with Gasteiger partial charge in [0.25, 0.3) is 5.56 Å². The smallest absolute Gasteiger partial charge is 0.328 e. The standard InChI is InChI=1S/C19H15NO3/c21-18(22)10-9-16-6-3-11-20(19(16)23)13-14-7-8-15-4-1-2-5-17(15)12-14/h1-12H,13H2,(H,21,22)/b10-9+. The monoisotopic (exact) mass is 305 g/mol. The lowest BCUT2D eigenvalue weighted by Gasteiger charge is -2.08. The van der Waals surface area contributed by atoms with Gasteiger partial charge in [-0.2, -0.15) is 0 Å². The van der Waals surface area contributed by atoms with E-state index < -0.39 is 5.97 Å². The van der Waals surface area contributed by atoms with Crippen LogP contribution in [0, 0.1) is 0 Å². The molecule has 0 unspecified atom stereocenters. The predicted molar refractivity (Wildman–Crippen MR) is 90.4 cm³/mol. The molecule has 0 aliphatic carbocycles. The first-order chi connectivity index (χ1) is 11.1. The van der Waals surface area contributed by atoms with Crippen molar-refractivity contribution in [3.8, 4) is 0 Å². The van der Waals surface area contributed by atoms with Crippen molar-refractivity contribution < 1.29 is 9.90 Å². The van der Waals surface area contributed by atoms with E-state index in [0.29, 0.717) is 12.1 Å². The number of benzene rings is 2. The summed E-state index contributed by atoms with van der Waals surface area (Å²) in [5, 5.41) is 11.0. The van der Waals surface area contributed by atoms with Crippen molar-refractivity contribution in [1.82, 2.24) is 4.57 Å².